The van der Waals surface area contributed by atoms with Crippen molar-refractivity contribution < 1.29 is 4.79 Å². The summed E-state index contributed by atoms with van der Waals surface area (Å²) in [7, 11) is 1.98. The van der Waals surface area contributed by atoms with E-state index in [2.05, 4.69) is 30.7 Å². The van der Waals surface area contributed by atoms with Crippen LogP contribution in [0, 0.1) is 0 Å². The van der Waals surface area contributed by atoms with Crippen LogP contribution in [0.3, 0.4) is 0 Å². The van der Waals surface area contributed by atoms with E-state index in [1.807, 2.05) is 30.3 Å². The van der Waals surface area contributed by atoms with Gasteiger partial charge in [0, 0.05) is 31.4 Å². The van der Waals surface area contributed by atoms with Gasteiger partial charge in [-0.3, -0.25) is 9.78 Å². The predicted molar refractivity (Wildman–Crippen MR) is 82.5 cm³/mol. The Labute approximate surface area is 123 Å². The summed E-state index contributed by atoms with van der Waals surface area (Å²) < 4.78 is 0. The van der Waals surface area contributed by atoms with Crippen molar-refractivity contribution >= 4 is 22.8 Å². The molecule has 0 aromatic carbocycles. The molecule has 20 heavy (non-hydrogen) atoms. The Kier molecular flexibility index (Phi) is 4.18. The Bertz CT molecular complexity index is 587. The molecule has 0 aliphatic carbocycles. The van der Waals surface area contributed by atoms with Crippen LogP contribution >= 0.6 is 11.3 Å². The molecule has 0 aliphatic heterocycles. The van der Waals surface area contributed by atoms with Gasteiger partial charge in [-0.2, -0.15) is 0 Å². The molecule has 2 heterocycles. The predicted octanol–water partition coefficient (Wildman–Crippen LogP) is 3.28. The molecule has 0 aliphatic rings. The fraction of sp³-hybridized carbons (Fsp3) is 0.400. The molecule has 2 aromatic heterocycles. The van der Waals surface area contributed by atoms with Crippen LogP contribution in [0.25, 0.3) is 0 Å². The van der Waals surface area contributed by atoms with Crippen molar-refractivity contribution in [1.82, 2.24) is 9.97 Å². The lowest BCUT2D eigenvalue weighted by molar-refractivity contribution is 0.112. The second kappa shape index (κ2) is 5.71. The Morgan fingerprint density at radius 3 is 2.65 bits per heavy atom. The third kappa shape index (κ3) is 3.22. The summed E-state index contributed by atoms with van der Waals surface area (Å²) in [6, 6.07) is 3.95. The molecule has 0 unspecified atom stereocenters. The lowest BCUT2D eigenvalue weighted by Crippen LogP contribution is -2.18. The average Bonchev–Trinajstić information content (AvgIpc) is 2.84. The van der Waals surface area contributed by atoms with Crippen LogP contribution in [0.2, 0.25) is 0 Å². The topological polar surface area (TPSA) is 46.1 Å². The van der Waals surface area contributed by atoms with E-state index >= 15 is 0 Å². The van der Waals surface area contributed by atoms with E-state index in [4.69, 9.17) is 0 Å². The maximum Gasteiger partial charge on any atom is 0.186 e. The molecule has 0 amide bonds. The van der Waals surface area contributed by atoms with Crippen LogP contribution in [-0.2, 0) is 12.0 Å². The van der Waals surface area contributed by atoms with Gasteiger partial charge in [0.2, 0.25) is 0 Å². The van der Waals surface area contributed by atoms with Gasteiger partial charge in [-0.15, -0.1) is 0 Å². The first-order valence-electron chi connectivity index (χ1n) is 6.48. The summed E-state index contributed by atoms with van der Waals surface area (Å²) in [6.07, 6.45) is 4.50. The van der Waals surface area contributed by atoms with Crippen molar-refractivity contribution in [2.45, 2.75) is 32.7 Å². The molecule has 2 aromatic rings. The van der Waals surface area contributed by atoms with Gasteiger partial charge in [-0.1, -0.05) is 38.2 Å². The molecule has 0 saturated carbocycles. The molecule has 0 saturated heterocycles. The summed E-state index contributed by atoms with van der Waals surface area (Å²) in [5.74, 6) is 0. The second-order valence-electron chi connectivity index (χ2n) is 5.79. The molecule has 0 radical (unpaired) electrons. The van der Waals surface area contributed by atoms with E-state index in [0.717, 1.165) is 29.2 Å². The first-order valence-corrected chi connectivity index (χ1v) is 7.30. The van der Waals surface area contributed by atoms with Crippen molar-refractivity contribution in [1.29, 1.82) is 0 Å². The Hall–Kier alpha value is -1.75. The van der Waals surface area contributed by atoms with Gasteiger partial charge in [0.1, 0.15) is 0 Å². The minimum Gasteiger partial charge on any atom is -0.347 e. The maximum atomic E-state index is 11.2. The van der Waals surface area contributed by atoms with E-state index in [9.17, 15) is 4.79 Å². The van der Waals surface area contributed by atoms with Crippen molar-refractivity contribution in [3.05, 3.63) is 40.7 Å². The second-order valence-corrected chi connectivity index (χ2v) is 6.80. The Morgan fingerprint density at radius 2 is 2.15 bits per heavy atom. The van der Waals surface area contributed by atoms with Gasteiger partial charge in [0.25, 0.3) is 0 Å². The molecule has 0 N–H and O–H groups in total. The number of aldehydes is 1. The van der Waals surface area contributed by atoms with E-state index in [1.165, 1.54) is 11.3 Å². The van der Waals surface area contributed by atoms with Gasteiger partial charge < -0.3 is 4.90 Å². The summed E-state index contributed by atoms with van der Waals surface area (Å²) in [5, 5.41) is 0.862. The van der Waals surface area contributed by atoms with Crippen molar-refractivity contribution in [3.8, 4) is 0 Å². The zero-order valence-electron chi connectivity index (χ0n) is 12.3. The zero-order valence-corrected chi connectivity index (χ0v) is 13.1. The van der Waals surface area contributed by atoms with E-state index in [1.54, 1.807) is 6.20 Å². The van der Waals surface area contributed by atoms with Gasteiger partial charge in [-0.25, -0.2) is 4.98 Å². The lowest BCUT2D eigenvalue weighted by Gasteiger charge is -2.17. The molecule has 5 heteroatoms. The Morgan fingerprint density at radius 1 is 1.40 bits per heavy atom. The monoisotopic (exact) mass is 289 g/mol. The van der Waals surface area contributed by atoms with Gasteiger partial charge in [0.15, 0.2) is 11.4 Å². The third-order valence-corrected chi connectivity index (χ3v) is 4.02. The highest BCUT2D eigenvalue weighted by molar-refractivity contribution is 7.17. The van der Waals surface area contributed by atoms with Crippen LogP contribution in [0.5, 0.6) is 0 Å². The average molecular weight is 289 g/mol. The number of thiazole rings is 1. The largest absolute Gasteiger partial charge is 0.347 e. The van der Waals surface area contributed by atoms with Crippen LogP contribution in [0.4, 0.5) is 5.13 Å². The molecule has 106 valence electrons. The number of rotatable bonds is 4. The molecule has 2 rings (SSSR count). The number of hydrogen-bond donors (Lipinski definition) is 0. The number of nitrogens with zero attached hydrogens (tertiary/aromatic N) is 3. The number of anilines is 1. The zero-order chi connectivity index (χ0) is 14.8. The number of aromatic nitrogens is 2. The summed E-state index contributed by atoms with van der Waals surface area (Å²) >= 11 is 1.44. The highest BCUT2D eigenvalue weighted by Gasteiger charge is 2.24. The minimum absolute atomic E-state index is 0.125. The number of pyridine rings is 1. The van der Waals surface area contributed by atoms with Gasteiger partial charge in [0.05, 0.1) is 10.6 Å². The molecule has 0 bridgehead atoms. The number of hydrogen-bond acceptors (Lipinski definition) is 5. The first-order chi connectivity index (χ1) is 9.41. The van der Waals surface area contributed by atoms with E-state index in [-0.39, 0.29) is 5.41 Å². The normalized spacial score (nSPS) is 11.4. The number of carbonyl (C=O) groups is 1. The fourth-order valence-electron chi connectivity index (χ4n) is 1.93. The van der Waals surface area contributed by atoms with Gasteiger partial charge in [-0.05, 0) is 11.6 Å². The highest BCUT2D eigenvalue weighted by atomic mass is 32.1. The summed E-state index contributed by atoms with van der Waals surface area (Å²) in [6.45, 7) is 6.93. The Balaban J connectivity index is 2.25. The summed E-state index contributed by atoms with van der Waals surface area (Å²) in [4.78, 5) is 22.7. The van der Waals surface area contributed by atoms with Crippen molar-refractivity contribution in [2.24, 2.45) is 0 Å². The summed E-state index contributed by atoms with van der Waals surface area (Å²) in [5.41, 5.74) is 1.86. The van der Waals surface area contributed by atoms with Crippen LogP contribution in [0.15, 0.2) is 24.5 Å². The molecule has 0 spiro atoms. The van der Waals surface area contributed by atoms with Crippen molar-refractivity contribution in [3.63, 3.8) is 0 Å². The minimum atomic E-state index is -0.125. The molecule has 0 fully saturated rings. The van der Waals surface area contributed by atoms with Crippen LogP contribution in [-0.4, -0.2) is 23.3 Å². The smallest absolute Gasteiger partial charge is 0.186 e. The molecular weight excluding hydrogens is 270 g/mol. The molecule has 4 nitrogen and oxygen atoms in total. The van der Waals surface area contributed by atoms with Crippen molar-refractivity contribution in [2.75, 3.05) is 11.9 Å². The van der Waals surface area contributed by atoms with Crippen LogP contribution in [0.1, 0.15) is 41.7 Å². The maximum absolute atomic E-state index is 11.2. The first kappa shape index (κ1) is 14.7. The molecule has 0 atom stereocenters. The van der Waals surface area contributed by atoms with E-state index < -0.39 is 0 Å². The SMILES string of the molecule is CN(Cc1cccnc1)c1nc(C(C)(C)C)c(C=O)s1. The highest BCUT2D eigenvalue weighted by Crippen LogP contribution is 2.32. The molecular formula is C15H19N3OS. The quantitative estimate of drug-likeness (QED) is 0.810. The van der Waals surface area contributed by atoms with Gasteiger partial charge >= 0.3 is 0 Å². The standard InChI is InChI=1S/C15H19N3OS/c1-15(2,3)13-12(10-19)20-14(17-13)18(4)9-11-6-5-7-16-8-11/h5-8,10H,9H2,1-4H3. The fourth-order valence-corrected chi connectivity index (χ4v) is 2.98. The van der Waals surface area contributed by atoms with E-state index in [0.29, 0.717) is 4.88 Å². The third-order valence-electron chi connectivity index (χ3n) is 2.93. The van der Waals surface area contributed by atoms with Crippen LogP contribution < -0.4 is 4.90 Å². The lowest BCUT2D eigenvalue weighted by atomic mass is 9.91. The number of carbonyl (C=O) groups excluding carboxylic acids is 1.